The SMILES string of the molecule is CCNCCNS(=O)(=O)N1CC(C)CC(C)C1.Cl. The molecule has 0 bridgehead atoms. The van der Waals surface area contributed by atoms with Crippen molar-refractivity contribution in [1.29, 1.82) is 0 Å². The van der Waals surface area contributed by atoms with Gasteiger partial charge in [0.1, 0.15) is 0 Å². The molecule has 1 fully saturated rings. The number of nitrogens with one attached hydrogen (secondary N) is 2. The van der Waals surface area contributed by atoms with Gasteiger partial charge < -0.3 is 5.32 Å². The minimum Gasteiger partial charge on any atom is -0.316 e. The first-order valence-corrected chi connectivity index (χ1v) is 7.85. The van der Waals surface area contributed by atoms with Gasteiger partial charge in [0, 0.05) is 26.2 Å². The molecule has 1 aliphatic heterocycles. The van der Waals surface area contributed by atoms with Crippen molar-refractivity contribution in [2.45, 2.75) is 27.2 Å². The van der Waals surface area contributed by atoms with Crippen LogP contribution in [0.15, 0.2) is 0 Å². The zero-order chi connectivity index (χ0) is 12.9. The molecule has 110 valence electrons. The van der Waals surface area contributed by atoms with Crippen LogP contribution in [0.2, 0.25) is 0 Å². The largest absolute Gasteiger partial charge is 0.316 e. The molecule has 1 aliphatic rings. The van der Waals surface area contributed by atoms with E-state index in [1.54, 1.807) is 4.31 Å². The van der Waals surface area contributed by atoms with Crippen molar-refractivity contribution in [2.24, 2.45) is 11.8 Å². The minimum absolute atomic E-state index is 0. The summed E-state index contributed by atoms with van der Waals surface area (Å²) in [5, 5.41) is 3.10. The lowest BCUT2D eigenvalue weighted by Gasteiger charge is -2.33. The van der Waals surface area contributed by atoms with Gasteiger partial charge in [0.2, 0.25) is 0 Å². The van der Waals surface area contributed by atoms with Gasteiger partial charge in [-0.2, -0.15) is 12.7 Å². The van der Waals surface area contributed by atoms with Crippen LogP contribution in [0.1, 0.15) is 27.2 Å². The Labute approximate surface area is 117 Å². The van der Waals surface area contributed by atoms with Gasteiger partial charge >= 0.3 is 0 Å². The zero-order valence-electron chi connectivity index (χ0n) is 11.5. The Hall–Kier alpha value is 0.120. The first-order valence-electron chi connectivity index (χ1n) is 6.41. The number of hydrogen-bond donors (Lipinski definition) is 2. The molecular weight excluding hydrogens is 274 g/mol. The summed E-state index contributed by atoms with van der Waals surface area (Å²) in [6.07, 6.45) is 1.11. The molecule has 18 heavy (non-hydrogen) atoms. The first-order chi connectivity index (χ1) is 7.95. The molecule has 2 atom stereocenters. The summed E-state index contributed by atoms with van der Waals surface area (Å²) in [7, 11) is -3.29. The number of halogens is 1. The Kier molecular flexibility index (Phi) is 8.38. The Morgan fingerprint density at radius 3 is 2.22 bits per heavy atom. The molecule has 0 aromatic heterocycles. The summed E-state index contributed by atoms with van der Waals surface area (Å²) >= 11 is 0. The highest BCUT2D eigenvalue weighted by Gasteiger charge is 2.29. The number of nitrogens with zero attached hydrogens (tertiary/aromatic N) is 1. The molecular formula is C11H26ClN3O2S. The van der Waals surface area contributed by atoms with Crippen LogP contribution in [0.3, 0.4) is 0 Å². The van der Waals surface area contributed by atoms with Crippen LogP contribution in [0, 0.1) is 11.8 Å². The van der Waals surface area contributed by atoms with Crippen molar-refractivity contribution >= 4 is 22.6 Å². The predicted octanol–water partition coefficient (Wildman–Crippen LogP) is 0.830. The maximum Gasteiger partial charge on any atom is 0.279 e. The highest BCUT2D eigenvalue weighted by Crippen LogP contribution is 2.22. The van der Waals surface area contributed by atoms with Gasteiger partial charge in [0.25, 0.3) is 10.2 Å². The van der Waals surface area contributed by atoms with Crippen LogP contribution in [0.25, 0.3) is 0 Å². The zero-order valence-corrected chi connectivity index (χ0v) is 13.1. The van der Waals surface area contributed by atoms with Crippen LogP contribution < -0.4 is 10.0 Å². The normalized spacial score (nSPS) is 25.7. The lowest BCUT2D eigenvalue weighted by atomic mass is 9.94. The Morgan fingerprint density at radius 1 is 1.17 bits per heavy atom. The van der Waals surface area contributed by atoms with E-state index in [-0.39, 0.29) is 12.4 Å². The lowest BCUT2D eigenvalue weighted by Crippen LogP contribution is -2.48. The van der Waals surface area contributed by atoms with E-state index >= 15 is 0 Å². The summed E-state index contributed by atoms with van der Waals surface area (Å²) in [6, 6.07) is 0. The third kappa shape index (κ3) is 5.84. The van der Waals surface area contributed by atoms with Crippen molar-refractivity contribution in [3.63, 3.8) is 0 Å². The van der Waals surface area contributed by atoms with Gasteiger partial charge in [-0.05, 0) is 24.8 Å². The molecule has 5 nitrogen and oxygen atoms in total. The molecule has 1 heterocycles. The van der Waals surface area contributed by atoms with E-state index in [0.717, 1.165) is 13.0 Å². The number of piperidine rings is 1. The molecule has 0 aliphatic carbocycles. The average molecular weight is 300 g/mol. The third-order valence-electron chi connectivity index (χ3n) is 3.01. The van der Waals surface area contributed by atoms with Crippen molar-refractivity contribution < 1.29 is 8.42 Å². The van der Waals surface area contributed by atoms with Gasteiger partial charge in [-0.3, -0.25) is 0 Å². The van der Waals surface area contributed by atoms with Crippen LogP contribution in [0.5, 0.6) is 0 Å². The van der Waals surface area contributed by atoms with Crippen molar-refractivity contribution in [3.05, 3.63) is 0 Å². The Balaban J connectivity index is 0.00000289. The molecule has 1 rings (SSSR count). The van der Waals surface area contributed by atoms with E-state index < -0.39 is 10.2 Å². The summed E-state index contributed by atoms with van der Waals surface area (Å²) in [5.41, 5.74) is 0. The van der Waals surface area contributed by atoms with E-state index in [0.29, 0.717) is 38.0 Å². The fraction of sp³-hybridized carbons (Fsp3) is 1.00. The molecule has 0 spiro atoms. The van der Waals surface area contributed by atoms with Crippen molar-refractivity contribution in [3.8, 4) is 0 Å². The molecule has 1 saturated heterocycles. The molecule has 0 radical (unpaired) electrons. The van der Waals surface area contributed by atoms with Gasteiger partial charge in [-0.15, -0.1) is 12.4 Å². The standard InChI is InChI=1S/C11H25N3O2S.ClH/c1-4-12-5-6-13-17(15,16)14-8-10(2)7-11(3)9-14;/h10-13H,4-9H2,1-3H3;1H. The quantitative estimate of drug-likeness (QED) is 0.714. The smallest absolute Gasteiger partial charge is 0.279 e. The lowest BCUT2D eigenvalue weighted by molar-refractivity contribution is 0.220. The van der Waals surface area contributed by atoms with E-state index in [2.05, 4.69) is 23.9 Å². The molecule has 7 heteroatoms. The van der Waals surface area contributed by atoms with Gasteiger partial charge in [0.15, 0.2) is 0 Å². The van der Waals surface area contributed by atoms with Crippen molar-refractivity contribution in [2.75, 3.05) is 32.7 Å². The second kappa shape index (κ2) is 8.32. The maximum absolute atomic E-state index is 12.0. The molecule has 2 unspecified atom stereocenters. The van der Waals surface area contributed by atoms with E-state index in [4.69, 9.17) is 0 Å². The maximum atomic E-state index is 12.0. The number of rotatable bonds is 6. The molecule has 0 saturated carbocycles. The van der Waals surface area contributed by atoms with Gasteiger partial charge in [0.05, 0.1) is 0 Å². The second-order valence-electron chi connectivity index (χ2n) is 5.02. The van der Waals surface area contributed by atoms with Gasteiger partial charge in [-0.25, -0.2) is 4.72 Å². The number of likely N-dealkylation sites (N-methyl/N-ethyl adjacent to an activating group) is 1. The van der Waals surface area contributed by atoms with E-state index in [1.165, 1.54) is 0 Å². The molecule has 0 aromatic carbocycles. The van der Waals surface area contributed by atoms with E-state index in [1.807, 2.05) is 6.92 Å². The fourth-order valence-corrected chi connectivity index (χ4v) is 3.78. The average Bonchev–Trinajstić information content (AvgIpc) is 2.23. The monoisotopic (exact) mass is 299 g/mol. The summed E-state index contributed by atoms with van der Waals surface area (Å²) in [6.45, 7) is 9.49. The van der Waals surface area contributed by atoms with E-state index in [9.17, 15) is 8.42 Å². The van der Waals surface area contributed by atoms with Crippen molar-refractivity contribution in [1.82, 2.24) is 14.3 Å². The van der Waals surface area contributed by atoms with Crippen LogP contribution in [-0.2, 0) is 10.2 Å². The highest BCUT2D eigenvalue weighted by atomic mass is 35.5. The predicted molar refractivity (Wildman–Crippen MR) is 77.2 cm³/mol. The molecule has 2 N–H and O–H groups in total. The highest BCUT2D eigenvalue weighted by molar-refractivity contribution is 7.87. The topological polar surface area (TPSA) is 61.4 Å². The van der Waals surface area contributed by atoms with Crippen LogP contribution >= 0.6 is 12.4 Å². The third-order valence-corrected chi connectivity index (χ3v) is 4.56. The first kappa shape index (κ1) is 18.1. The molecule has 0 amide bonds. The minimum atomic E-state index is -3.29. The summed E-state index contributed by atoms with van der Waals surface area (Å²) < 4.78 is 28.3. The van der Waals surface area contributed by atoms with Crippen LogP contribution in [-0.4, -0.2) is 45.4 Å². The van der Waals surface area contributed by atoms with Gasteiger partial charge in [-0.1, -0.05) is 20.8 Å². The number of hydrogen-bond acceptors (Lipinski definition) is 3. The Bertz CT molecular complexity index is 314. The summed E-state index contributed by atoms with van der Waals surface area (Å²) in [4.78, 5) is 0. The van der Waals surface area contributed by atoms with Crippen LogP contribution in [0.4, 0.5) is 0 Å². The Morgan fingerprint density at radius 2 is 1.72 bits per heavy atom. The second-order valence-corrected chi connectivity index (χ2v) is 6.77. The molecule has 0 aromatic rings. The summed E-state index contributed by atoms with van der Waals surface area (Å²) in [5.74, 6) is 0.896. The fourth-order valence-electron chi connectivity index (χ4n) is 2.34.